The Balaban J connectivity index is 1.30. The van der Waals surface area contributed by atoms with E-state index in [0.29, 0.717) is 35.1 Å². The zero-order chi connectivity index (χ0) is 22.5. The SMILES string of the molecule is O=[N+]([O-])c1cnc(NCC2CCC(Nc3ccc4ccnc(OC(F)F)c4n3)CC2)nc1. The van der Waals surface area contributed by atoms with E-state index in [1.54, 1.807) is 12.1 Å². The fraction of sp³-hybridized carbons (Fsp3) is 0.400. The zero-order valence-corrected chi connectivity index (χ0v) is 16.9. The fourth-order valence-electron chi connectivity index (χ4n) is 3.74. The molecule has 0 aromatic carbocycles. The van der Waals surface area contributed by atoms with Crippen LogP contribution in [0.2, 0.25) is 0 Å². The minimum Gasteiger partial charge on any atom is -0.415 e. The van der Waals surface area contributed by atoms with Crippen molar-refractivity contribution in [3.63, 3.8) is 0 Å². The number of halogens is 2. The Bertz CT molecular complexity index is 1080. The van der Waals surface area contributed by atoms with Gasteiger partial charge in [-0.25, -0.2) is 19.9 Å². The largest absolute Gasteiger partial charge is 0.415 e. The van der Waals surface area contributed by atoms with E-state index >= 15 is 0 Å². The van der Waals surface area contributed by atoms with Gasteiger partial charge in [-0.3, -0.25) is 10.1 Å². The fourth-order valence-corrected chi connectivity index (χ4v) is 3.74. The van der Waals surface area contributed by atoms with Crippen LogP contribution in [0.15, 0.2) is 36.8 Å². The van der Waals surface area contributed by atoms with Crippen molar-refractivity contribution in [2.75, 3.05) is 17.2 Å². The van der Waals surface area contributed by atoms with E-state index in [-0.39, 0.29) is 17.6 Å². The molecule has 0 unspecified atom stereocenters. The lowest BCUT2D eigenvalue weighted by atomic mass is 9.86. The highest BCUT2D eigenvalue weighted by atomic mass is 19.3. The Kier molecular flexibility index (Phi) is 6.47. The topological polar surface area (TPSA) is 128 Å². The summed E-state index contributed by atoms with van der Waals surface area (Å²) in [6.07, 6.45) is 7.53. The second-order valence-electron chi connectivity index (χ2n) is 7.53. The van der Waals surface area contributed by atoms with Gasteiger partial charge < -0.3 is 15.4 Å². The molecule has 168 valence electrons. The summed E-state index contributed by atoms with van der Waals surface area (Å²) in [4.78, 5) is 26.3. The van der Waals surface area contributed by atoms with Crippen LogP contribution in [0.3, 0.4) is 0 Å². The van der Waals surface area contributed by atoms with Crippen molar-refractivity contribution < 1.29 is 18.4 Å². The van der Waals surface area contributed by atoms with Gasteiger partial charge in [0.05, 0.1) is 4.92 Å². The minimum absolute atomic E-state index is 0.145. The second-order valence-corrected chi connectivity index (χ2v) is 7.53. The Morgan fingerprint density at radius 1 is 1.12 bits per heavy atom. The lowest BCUT2D eigenvalue weighted by Gasteiger charge is -2.29. The van der Waals surface area contributed by atoms with E-state index in [2.05, 4.69) is 35.3 Å². The number of pyridine rings is 2. The molecule has 0 aliphatic heterocycles. The first-order valence-corrected chi connectivity index (χ1v) is 10.2. The van der Waals surface area contributed by atoms with Crippen LogP contribution in [0.4, 0.5) is 26.2 Å². The Hall–Kier alpha value is -3.70. The van der Waals surface area contributed by atoms with Gasteiger partial charge in [-0.15, -0.1) is 0 Å². The first-order valence-electron chi connectivity index (χ1n) is 10.2. The van der Waals surface area contributed by atoms with E-state index in [0.717, 1.165) is 25.7 Å². The summed E-state index contributed by atoms with van der Waals surface area (Å²) in [5.41, 5.74) is 0.145. The van der Waals surface area contributed by atoms with Gasteiger partial charge in [0.25, 0.3) is 0 Å². The van der Waals surface area contributed by atoms with E-state index in [1.165, 1.54) is 18.6 Å². The summed E-state index contributed by atoms with van der Waals surface area (Å²) in [5, 5.41) is 17.8. The Morgan fingerprint density at radius 2 is 1.88 bits per heavy atom. The Labute approximate surface area is 181 Å². The van der Waals surface area contributed by atoms with Gasteiger partial charge in [0.1, 0.15) is 23.7 Å². The summed E-state index contributed by atoms with van der Waals surface area (Å²) < 4.78 is 29.8. The van der Waals surface area contributed by atoms with Gasteiger partial charge in [0.15, 0.2) is 0 Å². The van der Waals surface area contributed by atoms with Crippen molar-refractivity contribution in [2.45, 2.75) is 38.3 Å². The number of fused-ring (bicyclic) bond motifs is 1. The molecule has 0 radical (unpaired) electrons. The lowest BCUT2D eigenvalue weighted by molar-refractivity contribution is -0.385. The maximum Gasteiger partial charge on any atom is 0.388 e. The van der Waals surface area contributed by atoms with Crippen molar-refractivity contribution in [3.05, 3.63) is 46.9 Å². The van der Waals surface area contributed by atoms with Gasteiger partial charge in [0.2, 0.25) is 11.8 Å². The van der Waals surface area contributed by atoms with E-state index in [9.17, 15) is 18.9 Å². The van der Waals surface area contributed by atoms with Crippen LogP contribution in [-0.2, 0) is 0 Å². The number of nitrogens with zero attached hydrogens (tertiary/aromatic N) is 5. The number of anilines is 2. The third-order valence-corrected chi connectivity index (χ3v) is 5.37. The molecular weight excluding hydrogens is 424 g/mol. The lowest BCUT2D eigenvalue weighted by Crippen LogP contribution is -2.29. The van der Waals surface area contributed by atoms with Crippen LogP contribution in [0.1, 0.15) is 25.7 Å². The molecule has 12 heteroatoms. The average Bonchev–Trinajstić information content (AvgIpc) is 2.79. The van der Waals surface area contributed by atoms with Crippen LogP contribution in [0, 0.1) is 16.0 Å². The molecule has 3 heterocycles. The normalized spacial score (nSPS) is 18.5. The molecule has 2 N–H and O–H groups in total. The van der Waals surface area contributed by atoms with Crippen molar-refractivity contribution in [1.82, 2.24) is 19.9 Å². The number of hydrogen-bond donors (Lipinski definition) is 2. The third kappa shape index (κ3) is 5.31. The molecule has 0 spiro atoms. The number of rotatable bonds is 8. The van der Waals surface area contributed by atoms with Crippen LogP contribution >= 0.6 is 0 Å². The molecule has 0 bridgehead atoms. The van der Waals surface area contributed by atoms with Crippen molar-refractivity contribution >= 4 is 28.4 Å². The van der Waals surface area contributed by atoms with Gasteiger partial charge in [-0.05, 0) is 49.8 Å². The number of alkyl halides is 2. The molecular formula is C20H21F2N7O3. The highest BCUT2D eigenvalue weighted by Gasteiger charge is 2.22. The van der Waals surface area contributed by atoms with E-state index in [4.69, 9.17) is 0 Å². The quantitative estimate of drug-likeness (QED) is 0.390. The first kappa shape index (κ1) is 21.5. The monoisotopic (exact) mass is 445 g/mol. The summed E-state index contributed by atoms with van der Waals surface area (Å²) in [5.74, 6) is 1.19. The molecule has 1 saturated carbocycles. The first-order chi connectivity index (χ1) is 15.5. The minimum atomic E-state index is -2.97. The molecule has 3 aromatic rings. The molecule has 1 aliphatic carbocycles. The highest BCUT2D eigenvalue weighted by Crippen LogP contribution is 2.28. The Morgan fingerprint density at radius 3 is 2.56 bits per heavy atom. The smallest absolute Gasteiger partial charge is 0.388 e. The summed E-state index contributed by atoms with van der Waals surface area (Å²) in [6.45, 7) is -2.29. The van der Waals surface area contributed by atoms with E-state index in [1.807, 2.05) is 6.07 Å². The molecule has 4 rings (SSSR count). The predicted molar refractivity (Wildman–Crippen MR) is 113 cm³/mol. The maximum atomic E-state index is 12.6. The maximum absolute atomic E-state index is 12.6. The van der Waals surface area contributed by atoms with Crippen LogP contribution in [0.5, 0.6) is 5.88 Å². The van der Waals surface area contributed by atoms with Crippen molar-refractivity contribution in [3.8, 4) is 5.88 Å². The number of aromatic nitrogens is 4. The molecule has 0 saturated heterocycles. The van der Waals surface area contributed by atoms with E-state index < -0.39 is 11.5 Å². The predicted octanol–water partition coefficient (Wildman–Crippen LogP) is 4.01. The molecule has 10 nitrogen and oxygen atoms in total. The molecule has 32 heavy (non-hydrogen) atoms. The molecule has 1 fully saturated rings. The highest BCUT2D eigenvalue weighted by molar-refractivity contribution is 5.84. The number of nitro groups is 1. The van der Waals surface area contributed by atoms with Gasteiger partial charge >= 0.3 is 12.3 Å². The van der Waals surface area contributed by atoms with Gasteiger partial charge in [-0.2, -0.15) is 8.78 Å². The summed E-state index contributed by atoms with van der Waals surface area (Å²) >= 11 is 0. The summed E-state index contributed by atoms with van der Waals surface area (Å²) in [6, 6.07) is 5.51. The summed E-state index contributed by atoms with van der Waals surface area (Å²) in [7, 11) is 0. The number of hydrogen-bond acceptors (Lipinski definition) is 9. The molecule has 0 amide bonds. The second kappa shape index (κ2) is 9.62. The molecule has 3 aromatic heterocycles. The molecule has 0 atom stereocenters. The van der Waals surface area contributed by atoms with Crippen molar-refractivity contribution in [1.29, 1.82) is 0 Å². The van der Waals surface area contributed by atoms with Crippen LogP contribution in [0.25, 0.3) is 10.9 Å². The zero-order valence-electron chi connectivity index (χ0n) is 16.9. The van der Waals surface area contributed by atoms with Crippen LogP contribution < -0.4 is 15.4 Å². The number of ether oxygens (including phenoxy) is 1. The standard InChI is InChI=1S/C20H21F2N7O3/c21-19(22)32-18-17-13(7-8-23-18)3-6-16(28-17)27-14-4-1-12(2-5-14)9-24-20-25-10-15(11-26-20)29(30)31/h3,6-8,10-12,14,19H,1-2,4-5,9H2,(H,27,28)(H,24,25,26). The van der Waals surface area contributed by atoms with Gasteiger partial charge in [0, 0.05) is 24.2 Å². The van der Waals surface area contributed by atoms with Crippen LogP contribution in [-0.4, -0.2) is 44.1 Å². The third-order valence-electron chi connectivity index (χ3n) is 5.37. The van der Waals surface area contributed by atoms with Gasteiger partial charge in [-0.1, -0.05) is 0 Å². The number of nitrogens with one attached hydrogen (secondary N) is 2. The van der Waals surface area contributed by atoms with Crippen molar-refractivity contribution in [2.24, 2.45) is 5.92 Å². The molecule has 1 aliphatic rings. The average molecular weight is 445 g/mol.